The number of rotatable bonds is 8. The molecular formula is C22H24F3N5O4. The van der Waals surface area contributed by atoms with Gasteiger partial charge < -0.3 is 24.1 Å². The molecule has 0 bridgehead atoms. The molecule has 182 valence electrons. The number of carbonyl (C=O) groups excluding carboxylic acids is 1. The first-order valence-corrected chi connectivity index (χ1v) is 10.7. The molecule has 0 unspecified atom stereocenters. The van der Waals surface area contributed by atoms with Gasteiger partial charge in [0.1, 0.15) is 23.3 Å². The molecular weight excluding hydrogens is 455 g/mol. The maximum absolute atomic E-state index is 13.0. The Labute approximate surface area is 193 Å². The Balaban J connectivity index is 1.74. The molecule has 0 saturated carbocycles. The largest absolute Gasteiger partial charge is 0.573 e. The molecule has 3 heterocycles. The fourth-order valence-electron chi connectivity index (χ4n) is 3.89. The third-order valence-electron chi connectivity index (χ3n) is 5.42. The molecule has 3 aromatic rings. The lowest BCUT2D eigenvalue weighted by Crippen LogP contribution is -2.38. The van der Waals surface area contributed by atoms with Crippen molar-refractivity contribution in [2.45, 2.75) is 44.8 Å². The summed E-state index contributed by atoms with van der Waals surface area (Å²) in [6.07, 6.45) is -0.827. The Morgan fingerprint density at radius 2 is 2.15 bits per heavy atom. The number of carbonyl (C=O) groups is 1. The monoisotopic (exact) mass is 479 g/mol. The summed E-state index contributed by atoms with van der Waals surface area (Å²) in [4.78, 5) is 25.8. The summed E-state index contributed by atoms with van der Waals surface area (Å²) in [6.45, 7) is 2.99. The molecule has 1 aliphatic heterocycles. The van der Waals surface area contributed by atoms with Crippen LogP contribution in [0.3, 0.4) is 0 Å². The van der Waals surface area contributed by atoms with Crippen LogP contribution in [0.15, 0.2) is 30.6 Å². The molecule has 34 heavy (non-hydrogen) atoms. The number of amides is 1. The SMILES string of the molecule is COCCn1c([C@@H](NC(=O)c2cnc(C)cn2)[C@H]2CCCO2)nc2cc(OC(F)(F)F)ccc21. The Morgan fingerprint density at radius 3 is 2.79 bits per heavy atom. The van der Waals surface area contributed by atoms with Gasteiger partial charge in [0.05, 0.1) is 35.6 Å². The van der Waals surface area contributed by atoms with Gasteiger partial charge in [0, 0.05) is 32.5 Å². The van der Waals surface area contributed by atoms with Gasteiger partial charge in [0.25, 0.3) is 5.91 Å². The van der Waals surface area contributed by atoms with Crippen molar-refractivity contribution in [3.63, 3.8) is 0 Å². The first kappa shape index (κ1) is 23.9. The summed E-state index contributed by atoms with van der Waals surface area (Å²) >= 11 is 0. The van der Waals surface area contributed by atoms with E-state index in [2.05, 4.69) is 25.0 Å². The molecule has 0 spiro atoms. The molecule has 1 aliphatic rings. The molecule has 2 atom stereocenters. The molecule has 1 aromatic carbocycles. The first-order valence-electron chi connectivity index (χ1n) is 10.7. The number of nitrogens with one attached hydrogen (secondary N) is 1. The smallest absolute Gasteiger partial charge is 0.406 e. The highest BCUT2D eigenvalue weighted by molar-refractivity contribution is 5.92. The number of nitrogens with zero attached hydrogens (tertiary/aromatic N) is 4. The lowest BCUT2D eigenvalue weighted by molar-refractivity contribution is -0.274. The number of ether oxygens (including phenoxy) is 3. The summed E-state index contributed by atoms with van der Waals surface area (Å²) in [5.41, 5.74) is 1.67. The minimum absolute atomic E-state index is 0.133. The summed E-state index contributed by atoms with van der Waals surface area (Å²) in [5, 5.41) is 2.94. The third kappa shape index (κ3) is 5.45. The second-order valence-electron chi connectivity index (χ2n) is 7.86. The molecule has 2 aromatic heterocycles. The van der Waals surface area contributed by atoms with E-state index in [4.69, 9.17) is 9.47 Å². The predicted molar refractivity (Wildman–Crippen MR) is 114 cm³/mol. The van der Waals surface area contributed by atoms with E-state index in [1.165, 1.54) is 30.6 Å². The predicted octanol–water partition coefficient (Wildman–Crippen LogP) is 3.33. The van der Waals surface area contributed by atoms with E-state index in [0.717, 1.165) is 6.42 Å². The standard InChI is InChI=1S/C22H24F3N5O4/c1-13-11-27-16(12-26-13)21(31)29-19(18-4-3-8-33-18)20-28-15-10-14(34-22(23,24)25)5-6-17(15)30(20)7-9-32-2/h5-6,10-12,18-19H,3-4,7-9H2,1-2H3,(H,29,31)/t18-,19+/m1/s1. The lowest BCUT2D eigenvalue weighted by Gasteiger charge is -2.24. The molecule has 9 nitrogen and oxygen atoms in total. The van der Waals surface area contributed by atoms with Gasteiger partial charge in [-0.1, -0.05) is 0 Å². The Hall–Kier alpha value is -3.25. The van der Waals surface area contributed by atoms with E-state index in [1.54, 1.807) is 14.0 Å². The molecule has 4 rings (SSSR count). The van der Waals surface area contributed by atoms with Crippen molar-refractivity contribution in [2.75, 3.05) is 20.3 Å². The van der Waals surface area contributed by atoms with Crippen molar-refractivity contribution >= 4 is 16.9 Å². The first-order chi connectivity index (χ1) is 16.2. The zero-order valence-electron chi connectivity index (χ0n) is 18.6. The van der Waals surface area contributed by atoms with Crippen LogP contribution in [-0.4, -0.2) is 58.2 Å². The lowest BCUT2D eigenvalue weighted by atomic mass is 10.1. The number of aromatic nitrogens is 4. The van der Waals surface area contributed by atoms with E-state index in [-0.39, 0.29) is 17.5 Å². The highest BCUT2D eigenvalue weighted by Gasteiger charge is 2.34. The number of aryl methyl sites for hydroxylation is 1. The summed E-state index contributed by atoms with van der Waals surface area (Å²) < 4.78 is 55.1. The van der Waals surface area contributed by atoms with Crippen molar-refractivity contribution in [1.82, 2.24) is 24.8 Å². The highest BCUT2D eigenvalue weighted by atomic mass is 19.4. The van der Waals surface area contributed by atoms with Crippen LogP contribution in [0.4, 0.5) is 13.2 Å². The molecule has 1 N–H and O–H groups in total. The second kappa shape index (κ2) is 9.94. The maximum Gasteiger partial charge on any atom is 0.573 e. The normalized spacial score (nSPS) is 17.1. The number of methoxy groups -OCH3 is 1. The van der Waals surface area contributed by atoms with Crippen LogP contribution in [0.25, 0.3) is 11.0 Å². The van der Waals surface area contributed by atoms with Crippen molar-refractivity contribution < 1.29 is 32.2 Å². The third-order valence-corrected chi connectivity index (χ3v) is 5.42. The highest BCUT2D eigenvalue weighted by Crippen LogP contribution is 2.32. The maximum atomic E-state index is 13.0. The van der Waals surface area contributed by atoms with Crippen LogP contribution in [0.1, 0.15) is 40.9 Å². The van der Waals surface area contributed by atoms with E-state index < -0.39 is 18.3 Å². The van der Waals surface area contributed by atoms with Crippen molar-refractivity contribution in [1.29, 1.82) is 0 Å². The van der Waals surface area contributed by atoms with Crippen LogP contribution in [0, 0.1) is 6.92 Å². The average molecular weight is 479 g/mol. The molecule has 0 radical (unpaired) electrons. The van der Waals surface area contributed by atoms with Gasteiger partial charge in [-0.25, -0.2) is 9.97 Å². The summed E-state index contributed by atoms with van der Waals surface area (Å²) in [6, 6.07) is 3.28. The minimum Gasteiger partial charge on any atom is -0.406 e. The van der Waals surface area contributed by atoms with Crippen LogP contribution in [0.5, 0.6) is 5.75 Å². The molecule has 1 fully saturated rings. The molecule has 0 aliphatic carbocycles. The van der Waals surface area contributed by atoms with Crippen molar-refractivity contribution in [3.05, 3.63) is 47.8 Å². The van der Waals surface area contributed by atoms with Gasteiger partial charge in [-0.05, 0) is 31.9 Å². The van der Waals surface area contributed by atoms with Crippen molar-refractivity contribution in [2.24, 2.45) is 0 Å². The van der Waals surface area contributed by atoms with E-state index in [0.29, 0.717) is 48.7 Å². The Bertz CT molecular complexity index is 1140. The minimum atomic E-state index is -4.82. The average Bonchev–Trinajstić information content (AvgIpc) is 3.43. The second-order valence-corrected chi connectivity index (χ2v) is 7.86. The zero-order chi connectivity index (χ0) is 24.3. The number of halogens is 3. The van der Waals surface area contributed by atoms with Gasteiger partial charge in [-0.15, -0.1) is 13.2 Å². The number of alkyl halides is 3. The Morgan fingerprint density at radius 1 is 1.32 bits per heavy atom. The van der Waals surface area contributed by atoms with Crippen molar-refractivity contribution in [3.8, 4) is 5.75 Å². The van der Waals surface area contributed by atoms with Crippen LogP contribution in [-0.2, 0) is 16.0 Å². The number of imidazole rings is 1. The van der Waals surface area contributed by atoms with E-state index >= 15 is 0 Å². The van der Waals surface area contributed by atoms with E-state index in [9.17, 15) is 18.0 Å². The number of fused-ring (bicyclic) bond motifs is 1. The van der Waals surface area contributed by atoms with Gasteiger partial charge >= 0.3 is 6.36 Å². The molecule has 1 amide bonds. The van der Waals surface area contributed by atoms with Crippen LogP contribution < -0.4 is 10.1 Å². The topological polar surface area (TPSA) is 100 Å². The fraction of sp³-hybridized carbons (Fsp3) is 0.455. The zero-order valence-corrected chi connectivity index (χ0v) is 18.6. The molecule has 12 heteroatoms. The number of hydrogen-bond donors (Lipinski definition) is 1. The molecule has 1 saturated heterocycles. The Kier molecular flexibility index (Phi) is 6.98. The van der Waals surface area contributed by atoms with Gasteiger partial charge in [0.15, 0.2) is 0 Å². The van der Waals surface area contributed by atoms with E-state index in [1.807, 2.05) is 4.57 Å². The van der Waals surface area contributed by atoms with Gasteiger partial charge in [-0.2, -0.15) is 0 Å². The van der Waals surface area contributed by atoms with Gasteiger partial charge in [-0.3, -0.25) is 9.78 Å². The van der Waals surface area contributed by atoms with Crippen LogP contribution in [0.2, 0.25) is 0 Å². The van der Waals surface area contributed by atoms with Gasteiger partial charge in [0.2, 0.25) is 0 Å². The number of benzene rings is 1. The summed E-state index contributed by atoms with van der Waals surface area (Å²) in [7, 11) is 1.55. The summed E-state index contributed by atoms with van der Waals surface area (Å²) in [5.74, 6) is -0.397. The number of hydrogen-bond acceptors (Lipinski definition) is 7. The quantitative estimate of drug-likeness (QED) is 0.529. The fourth-order valence-corrected chi connectivity index (χ4v) is 3.89. The van der Waals surface area contributed by atoms with Crippen LogP contribution >= 0.6 is 0 Å².